The maximum atomic E-state index is 12.7. The quantitative estimate of drug-likeness (QED) is 0.722. The molecule has 28 heavy (non-hydrogen) atoms. The number of carbonyl (C=O) groups is 2. The number of thiazole rings is 1. The van der Waals surface area contributed by atoms with Gasteiger partial charge in [0.25, 0.3) is 0 Å². The SMILES string of the molecule is COc1cc(C=CC(=O)N2CCCC2C(=O)Nc2nccs2)cc(Cl)c1OC. The molecule has 3 rings (SSSR count). The maximum Gasteiger partial charge on any atom is 0.248 e. The smallest absolute Gasteiger partial charge is 0.248 e. The molecule has 1 aromatic heterocycles. The predicted octanol–water partition coefficient (Wildman–Crippen LogP) is 3.46. The van der Waals surface area contributed by atoms with Crippen molar-refractivity contribution in [3.63, 3.8) is 0 Å². The minimum Gasteiger partial charge on any atom is -0.493 e. The number of amides is 2. The average molecular weight is 422 g/mol. The summed E-state index contributed by atoms with van der Waals surface area (Å²) in [6.07, 6.45) is 6.10. The molecule has 1 atom stereocenters. The van der Waals surface area contributed by atoms with Crippen LogP contribution in [0.5, 0.6) is 11.5 Å². The summed E-state index contributed by atoms with van der Waals surface area (Å²) >= 11 is 7.54. The van der Waals surface area contributed by atoms with Gasteiger partial charge in [-0.15, -0.1) is 11.3 Å². The number of ether oxygens (including phenoxy) is 2. The van der Waals surface area contributed by atoms with Gasteiger partial charge in [0, 0.05) is 24.2 Å². The summed E-state index contributed by atoms with van der Waals surface area (Å²) in [6.45, 7) is 0.534. The number of methoxy groups -OCH3 is 2. The van der Waals surface area contributed by atoms with Gasteiger partial charge in [0.1, 0.15) is 6.04 Å². The van der Waals surface area contributed by atoms with E-state index in [1.807, 2.05) is 0 Å². The van der Waals surface area contributed by atoms with Gasteiger partial charge in [-0.2, -0.15) is 0 Å². The van der Waals surface area contributed by atoms with Crippen LogP contribution in [0.3, 0.4) is 0 Å². The van der Waals surface area contributed by atoms with Crippen molar-refractivity contribution in [1.29, 1.82) is 0 Å². The van der Waals surface area contributed by atoms with Crippen LogP contribution in [0.2, 0.25) is 5.02 Å². The zero-order chi connectivity index (χ0) is 20.1. The Morgan fingerprint density at radius 2 is 2.18 bits per heavy atom. The van der Waals surface area contributed by atoms with Gasteiger partial charge < -0.3 is 19.7 Å². The van der Waals surface area contributed by atoms with Gasteiger partial charge in [-0.25, -0.2) is 4.98 Å². The van der Waals surface area contributed by atoms with E-state index in [9.17, 15) is 9.59 Å². The lowest BCUT2D eigenvalue weighted by Gasteiger charge is -2.22. The van der Waals surface area contributed by atoms with Crippen LogP contribution in [0.4, 0.5) is 5.13 Å². The second-order valence-electron chi connectivity index (χ2n) is 6.09. The largest absolute Gasteiger partial charge is 0.493 e. The Hall–Kier alpha value is -2.58. The van der Waals surface area contributed by atoms with Gasteiger partial charge in [0.2, 0.25) is 11.8 Å². The van der Waals surface area contributed by atoms with Crippen LogP contribution < -0.4 is 14.8 Å². The zero-order valence-electron chi connectivity index (χ0n) is 15.5. The number of hydrogen-bond donors (Lipinski definition) is 1. The molecule has 2 amide bonds. The Balaban J connectivity index is 1.71. The Bertz CT molecular complexity index is 886. The van der Waals surface area contributed by atoms with Crippen molar-refractivity contribution < 1.29 is 19.1 Å². The second kappa shape index (κ2) is 9.07. The number of nitrogens with one attached hydrogen (secondary N) is 1. The molecule has 0 aliphatic carbocycles. The van der Waals surface area contributed by atoms with Crippen LogP contribution in [0.15, 0.2) is 29.8 Å². The fourth-order valence-electron chi connectivity index (χ4n) is 3.07. The highest BCUT2D eigenvalue weighted by Gasteiger charge is 2.33. The number of hydrogen-bond acceptors (Lipinski definition) is 6. The molecule has 0 spiro atoms. The number of anilines is 1. The van der Waals surface area contributed by atoms with Crippen LogP contribution in [0.25, 0.3) is 6.08 Å². The van der Waals surface area contributed by atoms with E-state index in [1.165, 1.54) is 31.6 Å². The molecule has 1 N–H and O–H groups in total. The maximum absolute atomic E-state index is 12.7. The topological polar surface area (TPSA) is 80.8 Å². The fraction of sp³-hybridized carbons (Fsp3) is 0.316. The molecule has 2 heterocycles. The first-order valence-corrected chi connectivity index (χ1v) is 9.89. The molecule has 1 aliphatic rings. The number of halogens is 1. The lowest BCUT2D eigenvalue weighted by atomic mass is 10.1. The van der Waals surface area contributed by atoms with Crippen LogP contribution in [-0.4, -0.2) is 48.5 Å². The van der Waals surface area contributed by atoms with E-state index in [0.29, 0.717) is 40.2 Å². The minimum absolute atomic E-state index is 0.219. The molecule has 2 aromatic rings. The van der Waals surface area contributed by atoms with Gasteiger partial charge in [-0.1, -0.05) is 11.6 Å². The van der Waals surface area contributed by atoms with Crippen LogP contribution >= 0.6 is 22.9 Å². The van der Waals surface area contributed by atoms with Crippen molar-refractivity contribution in [2.24, 2.45) is 0 Å². The first-order valence-electron chi connectivity index (χ1n) is 8.64. The second-order valence-corrected chi connectivity index (χ2v) is 7.39. The zero-order valence-corrected chi connectivity index (χ0v) is 17.0. The summed E-state index contributed by atoms with van der Waals surface area (Å²) in [5.41, 5.74) is 0.694. The summed E-state index contributed by atoms with van der Waals surface area (Å²) in [5, 5.41) is 5.45. The molecule has 7 nitrogen and oxygen atoms in total. The van der Waals surface area contributed by atoms with Gasteiger partial charge in [0.15, 0.2) is 16.6 Å². The van der Waals surface area contributed by atoms with Crippen LogP contribution in [-0.2, 0) is 9.59 Å². The Morgan fingerprint density at radius 3 is 2.86 bits per heavy atom. The van der Waals surface area contributed by atoms with Crippen molar-refractivity contribution in [1.82, 2.24) is 9.88 Å². The first-order chi connectivity index (χ1) is 13.5. The molecule has 0 bridgehead atoms. The number of benzene rings is 1. The van der Waals surface area contributed by atoms with E-state index in [4.69, 9.17) is 21.1 Å². The summed E-state index contributed by atoms with van der Waals surface area (Å²) in [6, 6.07) is 2.91. The number of likely N-dealkylation sites (tertiary alicyclic amines) is 1. The molecule has 1 aliphatic heterocycles. The predicted molar refractivity (Wildman–Crippen MR) is 109 cm³/mol. The molecule has 148 valence electrons. The molecule has 0 saturated carbocycles. The molecule has 9 heteroatoms. The van der Waals surface area contributed by atoms with Crippen molar-refractivity contribution in [2.75, 3.05) is 26.1 Å². The molecular formula is C19H20ClN3O4S. The summed E-state index contributed by atoms with van der Waals surface area (Å²) in [4.78, 5) is 30.8. The van der Waals surface area contributed by atoms with Crippen molar-refractivity contribution in [3.8, 4) is 11.5 Å². The fourth-order valence-corrected chi connectivity index (χ4v) is 3.90. The van der Waals surface area contributed by atoms with Crippen LogP contribution in [0.1, 0.15) is 18.4 Å². The third-order valence-corrected chi connectivity index (χ3v) is 5.34. The highest BCUT2D eigenvalue weighted by atomic mass is 35.5. The summed E-state index contributed by atoms with van der Waals surface area (Å²) in [7, 11) is 3.02. The highest BCUT2D eigenvalue weighted by molar-refractivity contribution is 7.13. The standard InChI is InChI=1S/C19H20ClN3O4S/c1-26-15-11-12(10-13(20)17(15)27-2)5-6-16(24)23-8-3-4-14(23)18(25)22-19-21-7-9-28-19/h5-7,9-11,14H,3-4,8H2,1-2H3,(H,21,22,25). The first kappa shape index (κ1) is 20.2. The summed E-state index contributed by atoms with van der Waals surface area (Å²) in [5.74, 6) is 0.459. The number of rotatable bonds is 6. The van der Waals surface area contributed by atoms with Crippen molar-refractivity contribution >= 4 is 46.0 Å². The van der Waals surface area contributed by atoms with Gasteiger partial charge in [-0.3, -0.25) is 9.59 Å². The third-order valence-electron chi connectivity index (χ3n) is 4.38. The lowest BCUT2D eigenvalue weighted by Crippen LogP contribution is -2.42. The Kier molecular flexibility index (Phi) is 6.53. The number of nitrogens with zero attached hydrogens (tertiary/aromatic N) is 2. The molecule has 1 unspecified atom stereocenters. The van der Waals surface area contributed by atoms with E-state index >= 15 is 0 Å². The van der Waals surface area contributed by atoms with Crippen molar-refractivity contribution in [3.05, 3.63) is 40.4 Å². The van der Waals surface area contributed by atoms with Crippen LogP contribution in [0, 0.1) is 0 Å². The molecule has 0 radical (unpaired) electrons. The highest BCUT2D eigenvalue weighted by Crippen LogP contribution is 2.36. The van der Waals surface area contributed by atoms with Gasteiger partial charge in [0.05, 0.1) is 19.2 Å². The lowest BCUT2D eigenvalue weighted by molar-refractivity contribution is -0.132. The number of aromatic nitrogens is 1. The molecule has 1 saturated heterocycles. The van der Waals surface area contributed by atoms with E-state index in [1.54, 1.807) is 34.7 Å². The van der Waals surface area contributed by atoms with Crippen molar-refractivity contribution in [2.45, 2.75) is 18.9 Å². The van der Waals surface area contributed by atoms with Gasteiger partial charge in [-0.05, 0) is 36.6 Å². The van der Waals surface area contributed by atoms with E-state index in [2.05, 4.69) is 10.3 Å². The van der Waals surface area contributed by atoms with E-state index in [-0.39, 0.29) is 11.8 Å². The van der Waals surface area contributed by atoms with E-state index < -0.39 is 6.04 Å². The monoisotopic (exact) mass is 421 g/mol. The Morgan fingerprint density at radius 1 is 1.36 bits per heavy atom. The van der Waals surface area contributed by atoms with Gasteiger partial charge >= 0.3 is 0 Å². The average Bonchev–Trinajstić information content (AvgIpc) is 3.37. The third kappa shape index (κ3) is 4.45. The Labute approximate surface area is 171 Å². The summed E-state index contributed by atoms with van der Waals surface area (Å²) < 4.78 is 10.5. The number of carbonyl (C=O) groups excluding carboxylic acids is 2. The minimum atomic E-state index is -0.505. The normalized spacial score (nSPS) is 16.4. The molecule has 1 aromatic carbocycles. The molecular weight excluding hydrogens is 402 g/mol. The van der Waals surface area contributed by atoms with E-state index in [0.717, 1.165) is 6.42 Å². The molecule has 1 fully saturated rings.